The van der Waals surface area contributed by atoms with Crippen LogP contribution in [0, 0.1) is 11.3 Å². The zero-order chi connectivity index (χ0) is 13.6. The summed E-state index contributed by atoms with van der Waals surface area (Å²) < 4.78 is 0. The molecule has 102 valence electrons. The maximum absolute atomic E-state index is 11.9. The molecule has 2 heterocycles. The first-order valence-corrected chi connectivity index (χ1v) is 6.72. The van der Waals surface area contributed by atoms with E-state index in [2.05, 4.69) is 30.5 Å². The second kappa shape index (κ2) is 4.09. The third-order valence-electron chi connectivity index (χ3n) is 4.15. The van der Waals surface area contributed by atoms with Crippen molar-refractivity contribution in [2.45, 2.75) is 25.8 Å². The average molecular weight is 270 g/mol. The normalized spacial score (nSPS) is 21.7. The van der Waals surface area contributed by atoms with Crippen LogP contribution in [-0.4, -0.2) is 31.1 Å². The van der Waals surface area contributed by atoms with Gasteiger partial charge in [-0.15, -0.1) is 0 Å². The number of hydrogen-bond donors (Lipinski definition) is 2. The summed E-state index contributed by atoms with van der Waals surface area (Å²) in [5.74, 6) is 1.49. The van der Waals surface area contributed by atoms with E-state index in [0.717, 1.165) is 6.42 Å². The molecule has 1 amide bonds. The zero-order valence-electron chi connectivity index (χ0n) is 10.8. The first-order chi connectivity index (χ1) is 9.77. The summed E-state index contributed by atoms with van der Waals surface area (Å²) >= 11 is 0. The monoisotopic (exact) mass is 270 g/mol. The van der Waals surface area contributed by atoms with Crippen LogP contribution in [0.2, 0.25) is 0 Å². The Morgan fingerprint density at radius 1 is 1.45 bits per heavy atom. The topological polar surface area (TPSA) is 96.5 Å². The van der Waals surface area contributed by atoms with Crippen molar-refractivity contribution < 1.29 is 4.79 Å². The van der Waals surface area contributed by atoms with E-state index in [4.69, 9.17) is 0 Å². The van der Waals surface area contributed by atoms with E-state index in [1.54, 1.807) is 18.6 Å². The fourth-order valence-electron chi connectivity index (χ4n) is 2.63. The first kappa shape index (κ1) is 11.5. The molecule has 0 bridgehead atoms. The van der Waals surface area contributed by atoms with Crippen LogP contribution in [0.5, 0.6) is 0 Å². The van der Waals surface area contributed by atoms with Crippen molar-refractivity contribution in [1.82, 2.24) is 30.5 Å². The van der Waals surface area contributed by atoms with Gasteiger partial charge in [0, 0.05) is 18.3 Å². The second-order valence-electron chi connectivity index (χ2n) is 5.53. The van der Waals surface area contributed by atoms with Gasteiger partial charge in [-0.2, -0.15) is 5.10 Å². The predicted octanol–water partition coefficient (Wildman–Crippen LogP) is 0.678. The van der Waals surface area contributed by atoms with Gasteiger partial charge in [0.1, 0.15) is 11.5 Å². The quantitative estimate of drug-likeness (QED) is 0.851. The van der Waals surface area contributed by atoms with E-state index in [1.165, 1.54) is 12.8 Å². The summed E-state index contributed by atoms with van der Waals surface area (Å²) in [6.07, 6.45) is 8.27. The van der Waals surface area contributed by atoms with Gasteiger partial charge < -0.3 is 5.32 Å². The molecule has 0 saturated heterocycles. The third kappa shape index (κ3) is 1.95. The third-order valence-corrected chi connectivity index (χ3v) is 4.15. The largest absolute Gasteiger partial charge is 0.349 e. The zero-order valence-corrected chi connectivity index (χ0v) is 10.8. The standard InChI is InChI=1S/C13H14N6O/c20-12(8-5-13(8)1-2-13)16-7-10-17-11(19-18-10)9-6-14-3-4-15-9/h3-4,6,8H,1-2,5,7H2,(H,16,20)(H,17,18,19)/t8-/m1/s1. The summed E-state index contributed by atoms with van der Waals surface area (Å²) in [6, 6.07) is 0. The minimum absolute atomic E-state index is 0.139. The maximum atomic E-state index is 11.9. The Kier molecular flexibility index (Phi) is 2.35. The molecule has 2 aliphatic carbocycles. The second-order valence-corrected chi connectivity index (χ2v) is 5.53. The van der Waals surface area contributed by atoms with Crippen LogP contribution in [-0.2, 0) is 11.3 Å². The Hall–Kier alpha value is -2.31. The molecule has 0 radical (unpaired) electrons. The molecular weight excluding hydrogens is 256 g/mol. The summed E-state index contributed by atoms with van der Waals surface area (Å²) in [6.45, 7) is 0.374. The number of nitrogens with zero attached hydrogens (tertiary/aromatic N) is 4. The highest BCUT2D eigenvalue weighted by Crippen LogP contribution is 2.70. The van der Waals surface area contributed by atoms with Gasteiger partial charge in [0.2, 0.25) is 11.7 Å². The molecule has 7 heteroatoms. The van der Waals surface area contributed by atoms with Crippen molar-refractivity contribution in [3.8, 4) is 11.5 Å². The minimum atomic E-state index is 0.139. The summed E-state index contributed by atoms with van der Waals surface area (Å²) in [5.41, 5.74) is 0.997. The fraction of sp³-hybridized carbons (Fsp3) is 0.462. The van der Waals surface area contributed by atoms with Gasteiger partial charge in [-0.25, -0.2) is 9.97 Å². The van der Waals surface area contributed by atoms with Gasteiger partial charge >= 0.3 is 0 Å². The van der Waals surface area contributed by atoms with Gasteiger partial charge in [-0.1, -0.05) is 0 Å². The molecule has 1 spiro atoms. The molecule has 2 aliphatic rings. The number of carbonyl (C=O) groups excluding carboxylic acids is 1. The van der Waals surface area contributed by atoms with Gasteiger partial charge in [0.15, 0.2) is 0 Å². The number of H-pyrrole nitrogens is 1. The lowest BCUT2D eigenvalue weighted by molar-refractivity contribution is -0.122. The number of nitrogens with one attached hydrogen (secondary N) is 2. The Balaban J connectivity index is 1.38. The number of hydrogen-bond acceptors (Lipinski definition) is 5. The molecule has 20 heavy (non-hydrogen) atoms. The lowest BCUT2D eigenvalue weighted by Gasteiger charge is -2.01. The van der Waals surface area contributed by atoms with E-state index in [1.807, 2.05) is 0 Å². The SMILES string of the molecule is O=C(NCc1nc(-c2cnccn2)n[nH]1)[C@H]1CC12CC2. The highest BCUT2D eigenvalue weighted by molar-refractivity contribution is 5.83. The number of rotatable bonds is 4. The Morgan fingerprint density at radius 3 is 3.05 bits per heavy atom. The molecular formula is C13H14N6O. The van der Waals surface area contributed by atoms with E-state index < -0.39 is 0 Å². The van der Waals surface area contributed by atoms with E-state index in [9.17, 15) is 4.79 Å². The van der Waals surface area contributed by atoms with Crippen LogP contribution in [0.3, 0.4) is 0 Å². The molecule has 2 N–H and O–H groups in total. The van der Waals surface area contributed by atoms with Crippen LogP contribution in [0.1, 0.15) is 25.1 Å². The fourth-order valence-corrected chi connectivity index (χ4v) is 2.63. The molecule has 2 fully saturated rings. The summed E-state index contributed by atoms with van der Waals surface area (Å²) in [7, 11) is 0. The Labute approximate surface area is 115 Å². The number of amides is 1. The van der Waals surface area contributed by atoms with E-state index in [0.29, 0.717) is 29.3 Å². The van der Waals surface area contributed by atoms with Gasteiger partial charge in [-0.05, 0) is 24.7 Å². The van der Waals surface area contributed by atoms with Crippen LogP contribution < -0.4 is 5.32 Å². The van der Waals surface area contributed by atoms with Gasteiger partial charge in [0.25, 0.3) is 0 Å². The molecule has 2 aromatic rings. The number of aromatic amines is 1. The van der Waals surface area contributed by atoms with Crippen molar-refractivity contribution in [3.63, 3.8) is 0 Å². The Bertz CT molecular complexity index is 648. The summed E-state index contributed by atoms with van der Waals surface area (Å²) in [4.78, 5) is 24.3. The van der Waals surface area contributed by atoms with E-state index in [-0.39, 0.29) is 11.8 Å². The highest BCUT2D eigenvalue weighted by Gasteiger charge is 2.65. The van der Waals surface area contributed by atoms with Crippen molar-refractivity contribution >= 4 is 5.91 Å². The summed E-state index contributed by atoms with van der Waals surface area (Å²) in [5, 5.41) is 9.80. The molecule has 0 aliphatic heterocycles. The average Bonchev–Trinajstić information content (AvgIpc) is 3.37. The molecule has 2 aromatic heterocycles. The van der Waals surface area contributed by atoms with Crippen molar-refractivity contribution in [2.24, 2.45) is 11.3 Å². The van der Waals surface area contributed by atoms with Crippen LogP contribution >= 0.6 is 0 Å². The molecule has 0 aromatic carbocycles. The van der Waals surface area contributed by atoms with Crippen LogP contribution in [0.25, 0.3) is 11.5 Å². The highest BCUT2D eigenvalue weighted by atomic mass is 16.2. The lowest BCUT2D eigenvalue weighted by atomic mass is 10.3. The molecule has 1 atom stereocenters. The van der Waals surface area contributed by atoms with Crippen LogP contribution in [0.4, 0.5) is 0 Å². The predicted molar refractivity (Wildman–Crippen MR) is 69.0 cm³/mol. The van der Waals surface area contributed by atoms with Gasteiger partial charge in [0.05, 0.1) is 12.7 Å². The smallest absolute Gasteiger partial charge is 0.224 e. The molecule has 2 saturated carbocycles. The molecule has 0 unspecified atom stereocenters. The first-order valence-electron chi connectivity index (χ1n) is 6.72. The van der Waals surface area contributed by atoms with Crippen LogP contribution in [0.15, 0.2) is 18.6 Å². The molecule has 7 nitrogen and oxygen atoms in total. The number of aromatic nitrogens is 5. The minimum Gasteiger partial charge on any atom is -0.349 e. The van der Waals surface area contributed by atoms with Crippen molar-refractivity contribution in [1.29, 1.82) is 0 Å². The van der Waals surface area contributed by atoms with Crippen molar-refractivity contribution in [3.05, 3.63) is 24.4 Å². The maximum Gasteiger partial charge on any atom is 0.224 e. The molecule has 4 rings (SSSR count). The lowest BCUT2D eigenvalue weighted by Crippen LogP contribution is -2.25. The van der Waals surface area contributed by atoms with Crippen molar-refractivity contribution in [2.75, 3.05) is 0 Å². The number of carbonyl (C=O) groups is 1. The Morgan fingerprint density at radius 2 is 2.35 bits per heavy atom. The van der Waals surface area contributed by atoms with E-state index >= 15 is 0 Å². The van der Waals surface area contributed by atoms with Gasteiger partial charge in [-0.3, -0.25) is 14.9 Å².